The SMILES string of the molecule is C[C@@H]1O[C@@H](O[C@@H]2[C@@H](Oc3ccc4ccc(=O)oc4c3)O[C@@H](CO)[C@@H](O)[C@H]2O)[C@@H](O)[C@@H](O)[C@@H]1O. The number of rotatable bonds is 5. The molecule has 182 valence electrons. The predicted octanol–water partition coefficient (Wildman–Crippen LogP) is -2.18. The summed E-state index contributed by atoms with van der Waals surface area (Å²) in [5, 5.41) is 61.2. The predicted molar refractivity (Wildman–Crippen MR) is 108 cm³/mol. The molecule has 2 saturated heterocycles. The Morgan fingerprint density at radius 3 is 2.33 bits per heavy atom. The molecule has 1 aromatic heterocycles. The average molecular weight is 470 g/mol. The lowest BCUT2D eigenvalue weighted by molar-refractivity contribution is -0.354. The van der Waals surface area contributed by atoms with Crippen molar-refractivity contribution in [1.29, 1.82) is 0 Å². The maximum absolute atomic E-state index is 11.5. The van der Waals surface area contributed by atoms with Crippen molar-refractivity contribution in [3.8, 4) is 5.75 Å². The van der Waals surface area contributed by atoms with Gasteiger partial charge in [0.1, 0.15) is 48.0 Å². The van der Waals surface area contributed by atoms with Crippen molar-refractivity contribution in [3.05, 3.63) is 40.8 Å². The van der Waals surface area contributed by atoms with Gasteiger partial charge >= 0.3 is 5.63 Å². The minimum Gasteiger partial charge on any atom is -0.462 e. The first-order chi connectivity index (χ1) is 15.7. The van der Waals surface area contributed by atoms with Crippen molar-refractivity contribution < 1.29 is 54.0 Å². The van der Waals surface area contributed by atoms with E-state index >= 15 is 0 Å². The highest BCUT2D eigenvalue weighted by Gasteiger charge is 2.50. The second-order valence-electron chi connectivity index (χ2n) is 8.06. The van der Waals surface area contributed by atoms with Gasteiger partial charge in [-0.25, -0.2) is 4.79 Å². The van der Waals surface area contributed by atoms with Crippen LogP contribution in [0.25, 0.3) is 11.0 Å². The summed E-state index contributed by atoms with van der Waals surface area (Å²) < 4.78 is 27.5. The maximum atomic E-state index is 11.5. The molecule has 0 amide bonds. The molecule has 2 aromatic rings. The number of aliphatic hydroxyl groups is 6. The van der Waals surface area contributed by atoms with Gasteiger partial charge < -0.3 is 54.0 Å². The van der Waals surface area contributed by atoms with E-state index in [1.165, 1.54) is 19.1 Å². The van der Waals surface area contributed by atoms with Crippen LogP contribution in [-0.4, -0.2) is 98.7 Å². The third-order valence-corrected chi connectivity index (χ3v) is 5.77. The molecule has 6 N–H and O–H groups in total. The molecular weight excluding hydrogens is 444 g/mol. The topological polar surface area (TPSA) is 189 Å². The van der Waals surface area contributed by atoms with E-state index in [-0.39, 0.29) is 11.3 Å². The van der Waals surface area contributed by atoms with Crippen LogP contribution in [0, 0.1) is 0 Å². The summed E-state index contributed by atoms with van der Waals surface area (Å²) >= 11 is 0. The van der Waals surface area contributed by atoms with E-state index in [1.807, 2.05) is 0 Å². The fourth-order valence-corrected chi connectivity index (χ4v) is 3.83. The zero-order chi connectivity index (χ0) is 23.9. The molecule has 10 atom stereocenters. The zero-order valence-electron chi connectivity index (χ0n) is 17.5. The molecule has 0 unspecified atom stereocenters. The van der Waals surface area contributed by atoms with Gasteiger partial charge in [0.15, 0.2) is 12.4 Å². The lowest BCUT2D eigenvalue weighted by Crippen LogP contribution is -2.64. The molecule has 0 radical (unpaired) electrons. The summed E-state index contributed by atoms with van der Waals surface area (Å²) in [4.78, 5) is 11.5. The van der Waals surface area contributed by atoms with Crippen molar-refractivity contribution in [1.82, 2.24) is 0 Å². The van der Waals surface area contributed by atoms with Crippen LogP contribution in [0.1, 0.15) is 6.92 Å². The van der Waals surface area contributed by atoms with Crippen LogP contribution in [0.2, 0.25) is 0 Å². The third kappa shape index (κ3) is 4.75. The second kappa shape index (κ2) is 9.62. The second-order valence-corrected chi connectivity index (χ2v) is 8.06. The smallest absolute Gasteiger partial charge is 0.336 e. The van der Waals surface area contributed by atoms with Gasteiger partial charge in [-0.15, -0.1) is 0 Å². The molecule has 3 heterocycles. The van der Waals surface area contributed by atoms with Gasteiger partial charge in [0.25, 0.3) is 0 Å². The molecule has 0 aliphatic carbocycles. The fraction of sp³-hybridized carbons (Fsp3) is 0.571. The van der Waals surface area contributed by atoms with Crippen molar-refractivity contribution in [2.75, 3.05) is 6.61 Å². The number of fused-ring (bicyclic) bond motifs is 1. The molecule has 4 rings (SSSR count). The van der Waals surface area contributed by atoms with Crippen molar-refractivity contribution in [2.45, 2.75) is 68.3 Å². The molecular formula is C21H26O12. The molecule has 1 aromatic carbocycles. The largest absolute Gasteiger partial charge is 0.462 e. The van der Waals surface area contributed by atoms with Crippen molar-refractivity contribution >= 4 is 11.0 Å². The first-order valence-corrected chi connectivity index (χ1v) is 10.4. The molecule has 0 bridgehead atoms. The number of hydrogen-bond donors (Lipinski definition) is 6. The molecule has 2 aliphatic heterocycles. The van der Waals surface area contributed by atoms with Gasteiger partial charge in [-0.3, -0.25) is 0 Å². The molecule has 12 nitrogen and oxygen atoms in total. The van der Waals surface area contributed by atoms with Gasteiger partial charge in [-0.1, -0.05) is 0 Å². The maximum Gasteiger partial charge on any atom is 0.336 e. The van der Waals surface area contributed by atoms with Crippen LogP contribution in [0.15, 0.2) is 39.5 Å². The Balaban J connectivity index is 1.60. The minimum atomic E-state index is -1.67. The number of hydrogen-bond acceptors (Lipinski definition) is 12. The van der Waals surface area contributed by atoms with Crippen LogP contribution in [0.4, 0.5) is 0 Å². The molecule has 12 heteroatoms. The van der Waals surface area contributed by atoms with Gasteiger partial charge in [0.05, 0.1) is 12.7 Å². The quantitative estimate of drug-likeness (QED) is 0.260. The Morgan fingerprint density at radius 1 is 0.879 bits per heavy atom. The summed E-state index contributed by atoms with van der Waals surface area (Å²) in [6.07, 6.45) is -14.3. The summed E-state index contributed by atoms with van der Waals surface area (Å²) in [5.74, 6) is 0.157. The highest BCUT2D eigenvalue weighted by molar-refractivity contribution is 5.77. The molecule has 0 spiro atoms. The summed E-state index contributed by atoms with van der Waals surface area (Å²) in [6.45, 7) is 0.819. The van der Waals surface area contributed by atoms with E-state index in [0.717, 1.165) is 0 Å². The van der Waals surface area contributed by atoms with E-state index in [4.69, 9.17) is 23.4 Å². The molecule has 2 aliphatic rings. The first kappa shape index (κ1) is 24.0. The molecule has 2 fully saturated rings. The first-order valence-electron chi connectivity index (χ1n) is 10.4. The third-order valence-electron chi connectivity index (χ3n) is 5.77. The van der Waals surface area contributed by atoms with Gasteiger partial charge in [0.2, 0.25) is 6.29 Å². The number of aliphatic hydroxyl groups excluding tert-OH is 6. The molecule has 0 saturated carbocycles. The Labute approximate surface area is 187 Å². The Bertz CT molecular complexity index is 1010. The standard InChI is InChI=1S/C21H26O12/c1-8-14(24)16(26)18(28)20(29-8)33-19-17(27)15(25)12(7-22)32-21(19)30-10-4-2-9-3-5-13(23)31-11(9)6-10/h2-6,8,12,14-22,24-28H,7H2,1H3/t8-,12-,14+,15+,16-,17+,18-,19-,20-,21-/m0/s1. The van der Waals surface area contributed by atoms with Gasteiger partial charge in [-0.05, 0) is 25.1 Å². The van der Waals surface area contributed by atoms with Crippen LogP contribution in [0.3, 0.4) is 0 Å². The zero-order valence-corrected chi connectivity index (χ0v) is 17.5. The van der Waals surface area contributed by atoms with E-state index in [1.54, 1.807) is 18.2 Å². The molecule has 33 heavy (non-hydrogen) atoms. The van der Waals surface area contributed by atoms with Gasteiger partial charge in [-0.2, -0.15) is 0 Å². The Kier molecular flexibility index (Phi) is 7.00. The summed E-state index contributed by atoms with van der Waals surface area (Å²) in [5.41, 5.74) is -0.337. The minimum absolute atomic E-state index is 0.157. The Hall–Kier alpha value is -2.13. The van der Waals surface area contributed by atoms with E-state index < -0.39 is 73.6 Å². The normalized spacial score (nSPS) is 39.5. The lowest BCUT2D eigenvalue weighted by atomic mass is 9.97. The lowest BCUT2D eigenvalue weighted by Gasteiger charge is -2.45. The van der Waals surface area contributed by atoms with Crippen molar-refractivity contribution in [3.63, 3.8) is 0 Å². The van der Waals surface area contributed by atoms with E-state index in [2.05, 4.69) is 0 Å². The van der Waals surface area contributed by atoms with Gasteiger partial charge in [0, 0.05) is 17.5 Å². The monoisotopic (exact) mass is 470 g/mol. The Morgan fingerprint density at radius 2 is 1.61 bits per heavy atom. The summed E-state index contributed by atoms with van der Waals surface area (Å²) in [6, 6.07) is 7.41. The van der Waals surface area contributed by atoms with E-state index in [0.29, 0.717) is 5.39 Å². The van der Waals surface area contributed by atoms with E-state index in [9.17, 15) is 35.4 Å². The van der Waals surface area contributed by atoms with Crippen LogP contribution in [-0.2, 0) is 14.2 Å². The average Bonchev–Trinajstić information content (AvgIpc) is 2.80. The van der Waals surface area contributed by atoms with Crippen molar-refractivity contribution in [2.24, 2.45) is 0 Å². The fourth-order valence-electron chi connectivity index (χ4n) is 3.83. The van der Waals surface area contributed by atoms with Crippen LogP contribution in [0.5, 0.6) is 5.75 Å². The number of benzene rings is 1. The van der Waals surface area contributed by atoms with Crippen LogP contribution >= 0.6 is 0 Å². The summed E-state index contributed by atoms with van der Waals surface area (Å²) in [7, 11) is 0. The highest BCUT2D eigenvalue weighted by Crippen LogP contribution is 2.31. The number of ether oxygens (including phenoxy) is 4. The highest BCUT2D eigenvalue weighted by atomic mass is 16.8. The van der Waals surface area contributed by atoms with Crippen LogP contribution < -0.4 is 10.4 Å².